The predicted octanol–water partition coefficient (Wildman–Crippen LogP) is 2.69. The van der Waals surface area contributed by atoms with Crippen LogP contribution in [0.4, 0.5) is 0 Å². The van der Waals surface area contributed by atoms with Gasteiger partial charge in [0, 0.05) is 0 Å². The molecule has 0 amide bonds. The molecule has 0 aliphatic heterocycles. The Hall–Kier alpha value is 0. The lowest BCUT2D eigenvalue weighted by Crippen LogP contribution is -2.34. The molecule has 2 rings (SSSR count). The van der Waals surface area contributed by atoms with Crippen molar-refractivity contribution in [2.45, 2.75) is 33.6 Å². The van der Waals surface area contributed by atoms with Gasteiger partial charge in [0.25, 0.3) is 0 Å². The molecule has 2 aliphatic rings. The second-order valence-electron chi connectivity index (χ2n) is 4.47. The number of fused-ring (bicyclic) bond motifs is 1. The molecule has 0 heterocycles. The lowest BCUT2D eigenvalue weighted by atomic mass is 9.63. The van der Waals surface area contributed by atoms with Gasteiger partial charge in [0.05, 0.1) is 0 Å². The monoisotopic (exact) mass is 124 g/mol. The molecule has 9 heavy (non-hydrogen) atoms. The van der Waals surface area contributed by atoms with Gasteiger partial charge in [0.15, 0.2) is 0 Å². The van der Waals surface area contributed by atoms with Crippen LogP contribution in [0.2, 0.25) is 0 Å². The van der Waals surface area contributed by atoms with E-state index in [4.69, 9.17) is 0 Å². The molecule has 0 aromatic heterocycles. The summed E-state index contributed by atoms with van der Waals surface area (Å²) in [4.78, 5) is 0. The highest BCUT2D eigenvalue weighted by molar-refractivity contribution is 5.10. The van der Waals surface area contributed by atoms with Crippen molar-refractivity contribution < 1.29 is 0 Å². The van der Waals surface area contributed by atoms with Crippen LogP contribution in [0.1, 0.15) is 33.6 Å². The van der Waals surface area contributed by atoms with Crippen LogP contribution in [0, 0.1) is 23.2 Å². The Morgan fingerprint density at radius 1 is 1.44 bits per heavy atom. The fourth-order valence-electron chi connectivity index (χ4n) is 2.50. The Morgan fingerprint density at radius 3 is 2.22 bits per heavy atom. The average Bonchev–Trinajstić information content (AvgIpc) is 2.40. The molecule has 2 aliphatic carbocycles. The van der Waals surface area contributed by atoms with Crippen molar-refractivity contribution in [1.29, 1.82) is 0 Å². The van der Waals surface area contributed by atoms with Crippen LogP contribution in [0.5, 0.6) is 0 Å². The Bertz CT molecular complexity index is 133. The highest BCUT2D eigenvalue weighted by Crippen LogP contribution is 2.69. The van der Waals surface area contributed by atoms with Crippen molar-refractivity contribution in [2.75, 3.05) is 0 Å². The zero-order chi connectivity index (χ0) is 6.65. The third-order valence-corrected chi connectivity index (χ3v) is 3.79. The lowest BCUT2D eigenvalue weighted by molar-refractivity contribution is 0.0739. The van der Waals surface area contributed by atoms with Crippen molar-refractivity contribution in [3.8, 4) is 0 Å². The van der Waals surface area contributed by atoms with E-state index >= 15 is 0 Å². The molecule has 0 N–H and O–H groups in total. The highest BCUT2D eigenvalue weighted by Gasteiger charge is 2.61. The first-order chi connectivity index (χ1) is 4.14. The average molecular weight is 124 g/mol. The van der Waals surface area contributed by atoms with Gasteiger partial charge in [-0.05, 0) is 36.0 Å². The molecule has 0 nitrogen and oxygen atoms in total. The molecule has 0 aromatic carbocycles. The van der Waals surface area contributed by atoms with Crippen LogP contribution >= 0.6 is 0 Å². The van der Waals surface area contributed by atoms with Crippen molar-refractivity contribution in [2.24, 2.45) is 23.2 Å². The number of rotatable bonds is 1. The quantitative estimate of drug-likeness (QED) is 0.504. The minimum absolute atomic E-state index is 0.755. The molecule has 0 bridgehead atoms. The van der Waals surface area contributed by atoms with Gasteiger partial charge < -0.3 is 0 Å². The van der Waals surface area contributed by atoms with Gasteiger partial charge >= 0.3 is 0 Å². The van der Waals surface area contributed by atoms with Gasteiger partial charge in [0.2, 0.25) is 0 Å². The summed E-state index contributed by atoms with van der Waals surface area (Å²) in [5, 5.41) is 0. The molecule has 3 unspecified atom stereocenters. The summed E-state index contributed by atoms with van der Waals surface area (Å²) >= 11 is 0. The fourth-order valence-corrected chi connectivity index (χ4v) is 2.50. The van der Waals surface area contributed by atoms with Crippen molar-refractivity contribution >= 4 is 0 Å². The summed E-state index contributed by atoms with van der Waals surface area (Å²) in [6.07, 6.45) is 3.07. The van der Waals surface area contributed by atoms with Crippen LogP contribution < -0.4 is 0 Å². The number of hydrogen-bond donors (Lipinski definition) is 0. The van der Waals surface area contributed by atoms with E-state index < -0.39 is 0 Å². The summed E-state index contributed by atoms with van der Waals surface area (Å²) in [7, 11) is 0. The van der Waals surface area contributed by atoms with Gasteiger partial charge in [-0.3, -0.25) is 0 Å². The van der Waals surface area contributed by atoms with Gasteiger partial charge in [-0.1, -0.05) is 20.8 Å². The minimum Gasteiger partial charge on any atom is -0.0622 e. The molecule has 0 aromatic rings. The van der Waals surface area contributed by atoms with Crippen LogP contribution in [-0.2, 0) is 0 Å². The van der Waals surface area contributed by atoms with Crippen LogP contribution in [0.15, 0.2) is 0 Å². The smallest absolute Gasteiger partial charge is 0.0269 e. The van der Waals surface area contributed by atoms with E-state index in [0.717, 1.165) is 23.2 Å². The van der Waals surface area contributed by atoms with Gasteiger partial charge in [-0.2, -0.15) is 0 Å². The zero-order valence-electron chi connectivity index (χ0n) is 6.65. The molecule has 0 heteroatoms. The highest BCUT2D eigenvalue weighted by atomic mass is 14.7. The van der Waals surface area contributed by atoms with E-state index in [-0.39, 0.29) is 0 Å². The third-order valence-electron chi connectivity index (χ3n) is 3.79. The maximum atomic E-state index is 2.46. The summed E-state index contributed by atoms with van der Waals surface area (Å²) < 4.78 is 0. The third kappa shape index (κ3) is 0.544. The normalized spacial score (nSPS) is 54.7. The second-order valence-corrected chi connectivity index (χ2v) is 4.47. The standard InChI is InChI=1S/C9H16/c1-6(2)9(3)5-7-4-8(7)9/h6-8H,4-5H2,1-3H3. The molecule has 2 saturated carbocycles. The van der Waals surface area contributed by atoms with E-state index in [1.807, 2.05) is 0 Å². The Balaban J connectivity index is 2.08. The molecule has 0 spiro atoms. The van der Waals surface area contributed by atoms with E-state index in [1.54, 1.807) is 6.42 Å². The lowest BCUT2D eigenvalue weighted by Gasteiger charge is -2.41. The first kappa shape index (κ1) is 5.76. The van der Waals surface area contributed by atoms with E-state index in [0.29, 0.717) is 0 Å². The molecular weight excluding hydrogens is 108 g/mol. The van der Waals surface area contributed by atoms with Crippen LogP contribution in [0.25, 0.3) is 0 Å². The summed E-state index contributed by atoms with van der Waals surface area (Å²) in [5.41, 5.74) is 0.755. The number of hydrogen-bond acceptors (Lipinski definition) is 0. The molecule has 52 valence electrons. The topological polar surface area (TPSA) is 0 Å². The first-order valence-electron chi connectivity index (χ1n) is 4.14. The molecule has 0 radical (unpaired) electrons. The van der Waals surface area contributed by atoms with Gasteiger partial charge in [-0.25, -0.2) is 0 Å². The van der Waals surface area contributed by atoms with Gasteiger partial charge in [0.1, 0.15) is 0 Å². The zero-order valence-corrected chi connectivity index (χ0v) is 6.65. The van der Waals surface area contributed by atoms with Gasteiger partial charge in [-0.15, -0.1) is 0 Å². The van der Waals surface area contributed by atoms with E-state index in [2.05, 4.69) is 20.8 Å². The van der Waals surface area contributed by atoms with Crippen molar-refractivity contribution in [1.82, 2.24) is 0 Å². The predicted molar refractivity (Wildman–Crippen MR) is 39.2 cm³/mol. The fraction of sp³-hybridized carbons (Fsp3) is 1.00. The molecule has 2 fully saturated rings. The first-order valence-corrected chi connectivity index (χ1v) is 4.14. The van der Waals surface area contributed by atoms with E-state index in [9.17, 15) is 0 Å². The Kier molecular flexibility index (Phi) is 0.868. The SMILES string of the molecule is CC(C)C1(C)CC2CC21. The van der Waals surface area contributed by atoms with E-state index in [1.165, 1.54) is 6.42 Å². The summed E-state index contributed by atoms with van der Waals surface area (Å²) in [6.45, 7) is 7.20. The van der Waals surface area contributed by atoms with Crippen molar-refractivity contribution in [3.63, 3.8) is 0 Å². The maximum Gasteiger partial charge on any atom is -0.0269 e. The minimum atomic E-state index is 0.755. The molecule has 0 saturated heterocycles. The second kappa shape index (κ2) is 1.36. The largest absolute Gasteiger partial charge is 0.0622 e. The van der Waals surface area contributed by atoms with Crippen molar-refractivity contribution in [3.05, 3.63) is 0 Å². The Labute approximate surface area is 57.6 Å². The summed E-state index contributed by atoms with van der Waals surface area (Å²) in [5.74, 6) is 3.22. The molecular formula is C9H16. The maximum absolute atomic E-state index is 2.46. The summed E-state index contributed by atoms with van der Waals surface area (Å²) in [6, 6.07) is 0. The molecule has 3 atom stereocenters. The van der Waals surface area contributed by atoms with Crippen LogP contribution in [0.3, 0.4) is 0 Å². The Morgan fingerprint density at radius 2 is 2.11 bits per heavy atom. The van der Waals surface area contributed by atoms with Crippen LogP contribution in [-0.4, -0.2) is 0 Å².